The van der Waals surface area contributed by atoms with Crippen molar-refractivity contribution in [2.45, 2.75) is 0 Å². The highest BCUT2D eigenvalue weighted by molar-refractivity contribution is 9.10. The molecule has 2 aromatic rings. The molecule has 108 valence electrons. The van der Waals surface area contributed by atoms with Gasteiger partial charge in [-0.15, -0.1) is 0 Å². The molecule has 0 spiro atoms. The van der Waals surface area contributed by atoms with E-state index in [0.29, 0.717) is 22.4 Å². The minimum Gasteiger partial charge on any atom is -0.288 e. The standard InChI is InChI=1S/C17H9BrClNO2/c18-11-7-5-10(6-8-11)17(22)20-15-9-14(19)16(21)13-4-2-1-3-12(13)15/h1-9H. The van der Waals surface area contributed by atoms with Crippen LogP contribution in [-0.4, -0.2) is 17.4 Å². The van der Waals surface area contributed by atoms with Gasteiger partial charge in [0.1, 0.15) is 0 Å². The second-order valence-electron chi connectivity index (χ2n) is 4.68. The first-order chi connectivity index (χ1) is 10.6. The number of hydrogen-bond donors (Lipinski definition) is 0. The monoisotopic (exact) mass is 373 g/mol. The molecular weight excluding hydrogens is 366 g/mol. The maximum Gasteiger partial charge on any atom is 0.277 e. The van der Waals surface area contributed by atoms with Crippen molar-refractivity contribution >= 4 is 44.9 Å². The Morgan fingerprint density at radius 2 is 1.64 bits per heavy atom. The fourth-order valence-corrected chi connectivity index (χ4v) is 2.62. The van der Waals surface area contributed by atoms with E-state index in [4.69, 9.17) is 11.6 Å². The first kappa shape index (κ1) is 14.9. The Morgan fingerprint density at radius 1 is 1.00 bits per heavy atom. The van der Waals surface area contributed by atoms with Gasteiger partial charge in [0.2, 0.25) is 5.78 Å². The zero-order valence-corrected chi connectivity index (χ0v) is 13.6. The largest absolute Gasteiger partial charge is 0.288 e. The molecule has 0 aromatic heterocycles. The van der Waals surface area contributed by atoms with E-state index in [1.54, 1.807) is 48.5 Å². The van der Waals surface area contributed by atoms with Crippen molar-refractivity contribution in [3.05, 3.63) is 80.8 Å². The molecule has 3 nitrogen and oxygen atoms in total. The summed E-state index contributed by atoms with van der Waals surface area (Å²) in [7, 11) is 0. The van der Waals surface area contributed by atoms with Crippen LogP contribution in [-0.2, 0) is 0 Å². The lowest BCUT2D eigenvalue weighted by atomic mass is 9.94. The van der Waals surface area contributed by atoms with Crippen molar-refractivity contribution in [1.82, 2.24) is 0 Å². The van der Waals surface area contributed by atoms with Crippen LogP contribution in [0.3, 0.4) is 0 Å². The van der Waals surface area contributed by atoms with E-state index < -0.39 is 0 Å². The average molecular weight is 375 g/mol. The Kier molecular flexibility index (Phi) is 4.05. The van der Waals surface area contributed by atoms with Gasteiger partial charge in [0.15, 0.2) is 0 Å². The number of nitrogens with zero attached hydrogens (tertiary/aromatic N) is 1. The summed E-state index contributed by atoms with van der Waals surface area (Å²) in [5.41, 5.74) is 1.93. The van der Waals surface area contributed by atoms with E-state index in [1.807, 2.05) is 0 Å². The van der Waals surface area contributed by atoms with Crippen LogP contribution in [0.15, 0.2) is 69.1 Å². The number of rotatable bonds is 1. The van der Waals surface area contributed by atoms with Crippen molar-refractivity contribution in [3.63, 3.8) is 0 Å². The Balaban J connectivity index is 2.05. The number of aliphatic imine (C=N–C) groups is 1. The van der Waals surface area contributed by atoms with Crippen LogP contribution >= 0.6 is 27.5 Å². The first-order valence-corrected chi connectivity index (χ1v) is 7.63. The molecule has 0 saturated carbocycles. The smallest absolute Gasteiger partial charge is 0.277 e. The highest BCUT2D eigenvalue weighted by Gasteiger charge is 2.23. The predicted octanol–water partition coefficient (Wildman–Crippen LogP) is 4.40. The lowest BCUT2D eigenvalue weighted by Gasteiger charge is -2.13. The second-order valence-corrected chi connectivity index (χ2v) is 6.00. The SMILES string of the molecule is O=C(N=C1C=C(Cl)C(=O)c2ccccc21)c1ccc(Br)cc1. The highest BCUT2D eigenvalue weighted by atomic mass is 79.9. The number of halogens is 2. The number of benzene rings is 2. The zero-order valence-electron chi connectivity index (χ0n) is 11.2. The van der Waals surface area contributed by atoms with Gasteiger partial charge in [0.05, 0.1) is 10.7 Å². The summed E-state index contributed by atoms with van der Waals surface area (Å²) in [5, 5.41) is 0.0565. The number of carbonyl (C=O) groups excluding carboxylic acids is 2. The maximum atomic E-state index is 12.3. The lowest BCUT2D eigenvalue weighted by molar-refractivity contribution is 0.0999. The van der Waals surface area contributed by atoms with E-state index in [1.165, 1.54) is 6.08 Å². The van der Waals surface area contributed by atoms with Gasteiger partial charge >= 0.3 is 0 Å². The molecule has 2 aromatic carbocycles. The summed E-state index contributed by atoms with van der Waals surface area (Å²) < 4.78 is 0.883. The van der Waals surface area contributed by atoms with Gasteiger partial charge in [-0.05, 0) is 30.3 Å². The van der Waals surface area contributed by atoms with Gasteiger partial charge in [-0.3, -0.25) is 9.59 Å². The molecule has 0 heterocycles. The van der Waals surface area contributed by atoms with Gasteiger partial charge < -0.3 is 0 Å². The van der Waals surface area contributed by atoms with Crippen LogP contribution in [0.5, 0.6) is 0 Å². The first-order valence-electron chi connectivity index (χ1n) is 6.46. The molecule has 0 aliphatic heterocycles. The molecule has 0 radical (unpaired) electrons. The van der Waals surface area contributed by atoms with Crippen molar-refractivity contribution in [2.75, 3.05) is 0 Å². The molecule has 0 unspecified atom stereocenters. The number of allylic oxidation sites excluding steroid dienone is 2. The molecule has 0 bridgehead atoms. The molecule has 0 fully saturated rings. The van der Waals surface area contributed by atoms with E-state index in [0.717, 1.165) is 4.47 Å². The van der Waals surface area contributed by atoms with E-state index >= 15 is 0 Å². The van der Waals surface area contributed by atoms with E-state index in [-0.39, 0.29) is 16.7 Å². The van der Waals surface area contributed by atoms with Gasteiger partial charge in [-0.25, -0.2) is 4.99 Å². The fourth-order valence-electron chi connectivity index (χ4n) is 2.16. The molecule has 0 N–H and O–H groups in total. The Bertz CT molecular complexity index is 838. The van der Waals surface area contributed by atoms with Crippen LogP contribution in [0.4, 0.5) is 0 Å². The Hall–Kier alpha value is -2.04. The summed E-state index contributed by atoms with van der Waals surface area (Å²) in [6.45, 7) is 0. The minimum absolute atomic E-state index is 0.0565. The van der Waals surface area contributed by atoms with Crippen molar-refractivity contribution in [2.24, 2.45) is 4.99 Å². The van der Waals surface area contributed by atoms with Crippen molar-refractivity contribution in [3.8, 4) is 0 Å². The summed E-state index contributed by atoms with van der Waals surface area (Å²) in [6.07, 6.45) is 1.43. The molecule has 0 saturated heterocycles. The van der Waals surface area contributed by atoms with Crippen LogP contribution in [0, 0.1) is 0 Å². The van der Waals surface area contributed by atoms with Crippen LogP contribution in [0.2, 0.25) is 0 Å². The average Bonchev–Trinajstić information content (AvgIpc) is 2.53. The molecule has 1 amide bonds. The van der Waals surface area contributed by atoms with Crippen molar-refractivity contribution in [1.29, 1.82) is 0 Å². The maximum absolute atomic E-state index is 12.3. The molecule has 0 atom stereocenters. The topological polar surface area (TPSA) is 46.5 Å². The third-order valence-electron chi connectivity index (χ3n) is 3.24. The Morgan fingerprint density at radius 3 is 2.32 bits per heavy atom. The number of ketones is 1. The van der Waals surface area contributed by atoms with Gasteiger partial charge in [0, 0.05) is 21.2 Å². The molecular formula is C17H9BrClNO2. The summed E-state index contributed by atoms with van der Waals surface area (Å²) in [4.78, 5) is 28.4. The number of carbonyl (C=O) groups is 2. The molecule has 1 aliphatic carbocycles. The second kappa shape index (κ2) is 5.99. The summed E-state index contributed by atoms with van der Waals surface area (Å²) >= 11 is 9.27. The third kappa shape index (κ3) is 2.80. The number of fused-ring (bicyclic) bond motifs is 1. The number of Topliss-reactive ketones (excluding diaryl/α,β-unsaturated/α-hetero) is 1. The van der Waals surface area contributed by atoms with Gasteiger partial charge in [-0.1, -0.05) is 51.8 Å². The zero-order chi connectivity index (χ0) is 15.7. The normalized spacial score (nSPS) is 15.5. The number of amides is 1. The summed E-state index contributed by atoms with van der Waals surface area (Å²) in [6, 6.07) is 13.9. The van der Waals surface area contributed by atoms with E-state index in [2.05, 4.69) is 20.9 Å². The van der Waals surface area contributed by atoms with Gasteiger partial charge in [0.25, 0.3) is 5.91 Å². The molecule has 3 rings (SSSR count). The molecule has 1 aliphatic rings. The summed E-state index contributed by atoms with van der Waals surface area (Å²) in [5.74, 6) is -0.639. The minimum atomic E-state index is -0.382. The van der Waals surface area contributed by atoms with Crippen LogP contribution < -0.4 is 0 Å². The quantitative estimate of drug-likeness (QED) is 0.743. The third-order valence-corrected chi connectivity index (χ3v) is 4.05. The fraction of sp³-hybridized carbons (Fsp3) is 0. The van der Waals surface area contributed by atoms with Crippen LogP contribution in [0.1, 0.15) is 26.3 Å². The Labute approximate surface area is 140 Å². The van der Waals surface area contributed by atoms with Crippen molar-refractivity contribution < 1.29 is 9.59 Å². The number of hydrogen-bond acceptors (Lipinski definition) is 2. The predicted molar refractivity (Wildman–Crippen MR) is 89.7 cm³/mol. The highest BCUT2D eigenvalue weighted by Crippen LogP contribution is 2.24. The van der Waals surface area contributed by atoms with Crippen LogP contribution in [0.25, 0.3) is 0 Å². The molecule has 22 heavy (non-hydrogen) atoms. The van der Waals surface area contributed by atoms with E-state index in [9.17, 15) is 9.59 Å². The lowest BCUT2D eigenvalue weighted by Crippen LogP contribution is -2.16. The van der Waals surface area contributed by atoms with Gasteiger partial charge in [-0.2, -0.15) is 0 Å². The molecule has 5 heteroatoms.